The van der Waals surface area contributed by atoms with Gasteiger partial charge < -0.3 is 15.8 Å². The number of nitrogens with one attached hydrogen (secondary N) is 1. The Morgan fingerprint density at radius 1 is 1.71 bits per heavy atom. The van der Waals surface area contributed by atoms with Gasteiger partial charge in [0.25, 0.3) is 0 Å². The number of thiocarbonyl (C=S) groups is 1. The lowest BCUT2D eigenvalue weighted by molar-refractivity contribution is 0.120. The van der Waals surface area contributed by atoms with Crippen LogP contribution in [0, 0.1) is 6.92 Å². The molecule has 94 valence electrons. The minimum absolute atomic E-state index is 0.282. The van der Waals surface area contributed by atoms with Gasteiger partial charge in [0, 0.05) is 20.2 Å². The van der Waals surface area contributed by atoms with Crippen molar-refractivity contribution >= 4 is 23.0 Å². The summed E-state index contributed by atoms with van der Waals surface area (Å²) >= 11 is 5.05. The smallest absolute Gasteiger partial charge is 0.134 e. The van der Waals surface area contributed by atoms with Crippen LogP contribution in [0.1, 0.15) is 24.1 Å². The number of nitrogens with two attached hydrogens (primary N) is 1. The van der Waals surface area contributed by atoms with E-state index in [4.69, 9.17) is 22.7 Å². The molecule has 0 spiro atoms. The molecule has 0 bridgehead atoms. The van der Waals surface area contributed by atoms with Crippen LogP contribution in [0.15, 0.2) is 0 Å². The van der Waals surface area contributed by atoms with Crippen molar-refractivity contribution in [3.05, 3.63) is 11.3 Å². The molecule has 0 aliphatic carbocycles. The predicted molar refractivity (Wildman–Crippen MR) is 71.3 cm³/mol. The van der Waals surface area contributed by atoms with Gasteiger partial charge in [0.1, 0.15) is 10.8 Å². The van der Waals surface area contributed by atoms with Gasteiger partial charge in [0.05, 0.1) is 17.4 Å². The van der Waals surface area contributed by atoms with Crippen molar-refractivity contribution < 1.29 is 4.74 Å². The van der Waals surface area contributed by atoms with E-state index < -0.39 is 0 Å². The van der Waals surface area contributed by atoms with Crippen molar-refractivity contribution in [3.63, 3.8) is 0 Å². The summed E-state index contributed by atoms with van der Waals surface area (Å²) in [5, 5.41) is 7.66. The first-order valence-corrected chi connectivity index (χ1v) is 6.19. The van der Waals surface area contributed by atoms with Gasteiger partial charge in [-0.25, -0.2) is 0 Å². The van der Waals surface area contributed by atoms with E-state index in [-0.39, 0.29) is 6.10 Å². The molecule has 1 atom stereocenters. The van der Waals surface area contributed by atoms with Gasteiger partial charge in [-0.05, 0) is 19.8 Å². The van der Waals surface area contributed by atoms with Gasteiger partial charge >= 0.3 is 0 Å². The molecule has 17 heavy (non-hydrogen) atoms. The Labute approximate surface area is 106 Å². The topological polar surface area (TPSA) is 65.1 Å². The van der Waals surface area contributed by atoms with Crippen LogP contribution < -0.4 is 11.1 Å². The molecule has 0 saturated carbocycles. The average molecular weight is 254 g/mol. The molecule has 1 saturated heterocycles. The summed E-state index contributed by atoms with van der Waals surface area (Å²) in [6.07, 6.45) is 2.52. The van der Waals surface area contributed by atoms with Crippen LogP contribution in [0.25, 0.3) is 0 Å². The number of ether oxygens (including phenoxy) is 1. The number of rotatable bonds is 4. The largest absolute Gasteiger partial charge is 0.389 e. The molecule has 0 radical (unpaired) electrons. The first-order valence-electron chi connectivity index (χ1n) is 5.78. The second-order valence-electron chi connectivity index (χ2n) is 4.31. The van der Waals surface area contributed by atoms with Gasteiger partial charge in [0.15, 0.2) is 0 Å². The zero-order valence-electron chi connectivity index (χ0n) is 10.2. The molecule has 3 N–H and O–H groups in total. The summed E-state index contributed by atoms with van der Waals surface area (Å²) in [5.41, 5.74) is 7.41. The van der Waals surface area contributed by atoms with Crippen molar-refractivity contribution in [1.29, 1.82) is 0 Å². The van der Waals surface area contributed by atoms with Gasteiger partial charge in [-0.2, -0.15) is 5.10 Å². The molecule has 1 aliphatic heterocycles. The summed E-state index contributed by atoms with van der Waals surface area (Å²) < 4.78 is 7.34. The first kappa shape index (κ1) is 12.3. The Hall–Kier alpha value is -1.14. The van der Waals surface area contributed by atoms with Crippen LogP contribution in [-0.2, 0) is 11.8 Å². The van der Waals surface area contributed by atoms with Crippen LogP contribution >= 0.6 is 12.2 Å². The van der Waals surface area contributed by atoms with Crippen LogP contribution in [0.4, 0.5) is 5.82 Å². The quantitative estimate of drug-likeness (QED) is 0.783. The van der Waals surface area contributed by atoms with Gasteiger partial charge in [-0.15, -0.1) is 0 Å². The summed E-state index contributed by atoms with van der Waals surface area (Å²) in [5.74, 6) is 0.880. The summed E-state index contributed by atoms with van der Waals surface area (Å²) in [4.78, 5) is 0.380. The number of hydrogen-bond donors (Lipinski definition) is 2. The summed E-state index contributed by atoms with van der Waals surface area (Å²) in [6.45, 7) is 3.54. The van der Waals surface area contributed by atoms with E-state index in [0.717, 1.165) is 43.1 Å². The molecule has 2 rings (SSSR count). The van der Waals surface area contributed by atoms with E-state index >= 15 is 0 Å². The van der Waals surface area contributed by atoms with E-state index in [1.165, 1.54) is 0 Å². The van der Waals surface area contributed by atoms with Crippen molar-refractivity contribution in [1.82, 2.24) is 9.78 Å². The highest BCUT2D eigenvalue weighted by Gasteiger charge is 2.19. The van der Waals surface area contributed by atoms with Gasteiger partial charge in [-0.1, -0.05) is 12.2 Å². The molecule has 0 amide bonds. The molecule has 5 nitrogen and oxygen atoms in total. The Kier molecular flexibility index (Phi) is 3.63. The van der Waals surface area contributed by atoms with Gasteiger partial charge in [-0.3, -0.25) is 4.68 Å². The summed E-state index contributed by atoms with van der Waals surface area (Å²) in [6, 6.07) is 0. The third kappa shape index (κ3) is 2.58. The second-order valence-corrected chi connectivity index (χ2v) is 4.75. The lowest BCUT2D eigenvalue weighted by Crippen LogP contribution is -2.22. The maximum Gasteiger partial charge on any atom is 0.134 e. The fourth-order valence-corrected chi connectivity index (χ4v) is 2.42. The maximum atomic E-state index is 5.72. The molecule has 1 fully saturated rings. The van der Waals surface area contributed by atoms with Crippen LogP contribution in [0.3, 0.4) is 0 Å². The van der Waals surface area contributed by atoms with Crippen LogP contribution in [0.5, 0.6) is 0 Å². The highest BCUT2D eigenvalue weighted by Crippen LogP contribution is 2.20. The molecule has 1 aromatic rings. The second kappa shape index (κ2) is 5.01. The lowest BCUT2D eigenvalue weighted by atomic mass is 10.2. The van der Waals surface area contributed by atoms with E-state index in [0.29, 0.717) is 4.99 Å². The van der Waals surface area contributed by atoms with E-state index in [1.807, 2.05) is 14.0 Å². The Bertz CT molecular complexity index is 423. The van der Waals surface area contributed by atoms with E-state index in [9.17, 15) is 0 Å². The summed E-state index contributed by atoms with van der Waals surface area (Å²) in [7, 11) is 1.88. The van der Waals surface area contributed by atoms with Crippen LogP contribution in [0.2, 0.25) is 0 Å². The third-order valence-electron chi connectivity index (χ3n) is 2.99. The number of aromatic nitrogens is 2. The number of nitrogens with zero attached hydrogens (tertiary/aromatic N) is 2. The average Bonchev–Trinajstić information content (AvgIpc) is 2.83. The van der Waals surface area contributed by atoms with Crippen LogP contribution in [-0.4, -0.2) is 34.0 Å². The fraction of sp³-hybridized carbons (Fsp3) is 0.636. The minimum Gasteiger partial charge on any atom is -0.389 e. The molecule has 1 aliphatic rings. The van der Waals surface area contributed by atoms with Gasteiger partial charge in [0.2, 0.25) is 0 Å². The SMILES string of the molecule is Cc1nn(C)c(NCC2CCCO2)c1C(N)=S. The maximum absolute atomic E-state index is 5.72. The standard InChI is InChI=1S/C11H18N4OS/c1-7-9(10(12)17)11(15(2)14-7)13-6-8-4-3-5-16-8/h8,13H,3-6H2,1-2H3,(H2,12,17). The molecule has 0 aromatic carbocycles. The van der Waals surface area contributed by atoms with E-state index in [1.54, 1.807) is 4.68 Å². The molecule has 1 aromatic heterocycles. The number of hydrogen-bond acceptors (Lipinski definition) is 4. The molecule has 2 heterocycles. The monoisotopic (exact) mass is 254 g/mol. The Morgan fingerprint density at radius 3 is 3.06 bits per heavy atom. The fourth-order valence-electron chi connectivity index (χ4n) is 2.17. The Balaban J connectivity index is 2.11. The van der Waals surface area contributed by atoms with Crippen molar-refractivity contribution in [2.75, 3.05) is 18.5 Å². The zero-order chi connectivity index (χ0) is 12.4. The normalized spacial score (nSPS) is 19.5. The molecular formula is C11H18N4OS. The third-order valence-corrected chi connectivity index (χ3v) is 3.19. The van der Waals surface area contributed by atoms with Crippen molar-refractivity contribution in [3.8, 4) is 0 Å². The predicted octanol–water partition coefficient (Wildman–Crippen LogP) is 0.954. The van der Waals surface area contributed by atoms with Crippen molar-refractivity contribution in [2.45, 2.75) is 25.9 Å². The molecular weight excluding hydrogens is 236 g/mol. The number of aryl methyl sites for hydroxylation is 2. The highest BCUT2D eigenvalue weighted by molar-refractivity contribution is 7.80. The first-order chi connectivity index (χ1) is 8.09. The number of anilines is 1. The lowest BCUT2D eigenvalue weighted by Gasteiger charge is -2.13. The van der Waals surface area contributed by atoms with E-state index in [2.05, 4.69) is 10.4 Å². The Morgan fingerprint density at radius 2 is 2.47 bits per heavy atom. The molecule has 6 heteroatoms. The highest BCUT2D eigenvalue weighted by atomic mass is 32.1. The zero-order valence-corrected chi connectivity index (χ0v) is 11.0. The molecule has 1 unspecified atom stereocenters. The minimum atomic E-state index is 0.282. The van der Waals surface area contributed by atoms with Crippen molar-refractivity contribution in [2.24, 2.45) is 12.8 Å².